The van der Waals surface area contributed by atoms with E-state index >= 15 is 0 Å². The molecule has 4 aromatic rings. The van der Waals surface area contributed by atoms with Crippen LogP contribution in [0.5, 0.6) is 0 Å². The smallest absolute Gasteiger partial charge is 0.317 e. The first-order chi connectivity index (χ1) is 13.8. The summed E-state index contributed by atoms with van der Waals surface area (Å²) in [7, 11) is 0. The molecule has 0 amide bonds. The number of alkyl halides is 3. The first-order valence-electron chi connectivity index (χ1n) is 8.55. The van der Waals surface area contributed by atoms with E-state index in [1.54, 1.807) is 17.6 Å². The molecule has 0 radical (unpaired) electrons. The monoisotopic (exact) mass is 405 g/mol. The summed E-state index contributed by atoms with van der Waals surface area (Å²) in [6.07, 6.45) is -2.92. The lowest BCUT2D eigenvalue weighted by atomic mass is 10.1. The van der Waals surface area contributed by atoms with Gasteiger partial charge in [-0.3, -0.25) is 14.8 Å². The van der Waals surface area contributed by atoms with Crippen molar-refractivity contribution in [1.29, 1.82) is 0 Å². The Morgan fingerprint density at radius 1 is 1.17 bits per heavy atom. The molecule has 0 bridgehead atoms. The van der Waals surface area contributed by atoms with Gasteiger partial charge in [-0.05, 0) is 24.6 Å². The molecule has 1 aromatic carbocycles. The molecule has 3 aromatic heterocycles. The number of nitrogens with zero attached hydrogens (tertiary/aromatic N) is 5. The molecule has 0 saturated carbocycles. The fourth-order valence-electron chi connectivity index (χ4n) is 3.09. The summed E-state index contributed by atoms with van der Waals surface area (Å²) in [6, 6.07) is 4.93. The number of H-pyrrole nitrogens is 2. The van der Waals surface area contributed by atoms with Gasteiger partial charge in [-0.25, -0.2) is 14.5 Å². The number of fused-ring (bicyclic) bond motifs is 1. The number of aromatic nitrogens is 7. The lowest BCUT2D eigenvalue weighted by molar-refractivity contribution is -0.137. The van der Waals surface area contributed by atoms with Gasteiger partial charge >= 0.3 is 11.9 Å². The number of halogens is 3. The van der Waals surface area contributed by atoms with Crippen LogP contribution in [0.2, 0.25) is 0 Å². The molecule has 3 heterocycles. The van der Waals surface area contributed by atoms with Crippen molar-refractivity contribution in [2.45, 2.75) is 26.2 Å². The van der Waals surface area contributed by atoms with Gasteiger partial charge in [-0.1, -0.05) is 17.3 Å². The van der Waals surface area contributed by atoms with Crippen LogP contribution in [0, 0.1) is 0 Å². The fourth-order valence-corrected chi connectivity index (χ4v) is 3.09. The average molecular weight is 405 g/mol. The summed E-state index contributed by atoms with van der Waals surface area (Å²) >= 11 is 0. The van der Waals surface area contributed by atoms with Crippen LogP contribution in [-0.2, 0) is 19.3 Å². The van der Waals surface area contributed by atoms with E-state index in [9.17, 15) is 22.8 Å². The topological polar surface area (TPSA) is 114 Å². The van der Waals surface area contributed by atoms with Crippen molar-refractivity contribution in [3.63, 3.8) is 0 Å². The van der Waals surface area contributed by atoms with Crippen molar-refractivity contribution in [3.05, 3.63) is 62.4 Å². The van der Waals surface area contributed by atoms with E-state index in [0.717, 1.165) is 12.1 Å². The van der Waals surface area contributed by atoms with Crippen LogP contribution in [0.1, 0.15) is 18.1 Å². The van der Waals surface area contributed by atoms with E-state index < -0.39 is 23.0 Å². The van der Waals surface area contributed by atoms with Gasteiger partial charge < -0.3 is 4.57 Å². The molecule has 4 rings (SSSR count). The average Bonchev–Trinajstić information content (AvgIpc) is 3.25. The van der Waals surface area contributed by atoms with Gasteiger partial charge in [0.1, 0.15) is 5.69 Å². The highest BCUT2D eigenvalue weighted by Gasteiger charge is 2.30. The Kier molecular flexibility index (Phi) is 4.32. The van der Waals surface area contributed by atoms with E-state index in [2.05, 4.69) is 25.3 Å². The Morgan fingerprint density at radius 2 is 1.97 bits per heavy atom. The molecule has 0 aliphatic rings. The largest absolute Gasteiger partial charge is 0.416 e. The number of aryl methyl sites for hydroxylation is 1. The SMILES string of the molecule is CCn1c(-c2cn(Cc3cccc(C(F)(F)F)c3)nn2)nc2[nH]c(=O)[nH]c(=O)c21. The van der Waals surface area contributed by atoms with Crippen LogP contribution in [-0.4, -0.2) is 34.5 Å². The van der Waals surface area contributed by atoms with E-state index in [0.29, 0.717) is 23.6 Å². The first-order valence-corrected chi connectivity index (χ1v) is 8.55. The normalized spacial score (nSPS) is 12.0. The first kappa shape index (κ1) is 18.7. The van der Waals surface area contributed by atoms with Crippen molar-refractivity contribution in [3.8, 4) is 11.5 Å². The van der Waals surface area contributed by atoms with Crippen LogP contribution in [0.3, 0.4) is 0 Å². The molecular formula is C17H14F3N7O2. The van der Waals surface area contributed by atoms with Crippen LogP contribution in [0.15, 0.2) is 40.1 Å². The predicted molar refractivity (Wildman–Crippen MR) is 96.2 cm³/mol. The zero-order chi connectivity index (χ0) is 20.8. The Hall–Kier alpha value is -3.70. The van der Waals surface area contributed by atoms with Crippen LogP contribution in [0.4, 0.5) is 13.2 Å². The second kappa shape index (κ2) is 6.72. The van der Waals surface area contributed by atoms with Crippen molar-refractivity contribution >= 4 is 11.2 Å². The van der Waals surface area contributed by atoms with Gasteiger partial charge in [0.2, 0.25) is 0 Å². The summed E-state index contributed by atoms with van der Waals surface area (Å²) in [4.78, 5) is 32.5. The van der Waals surface area contributed by atoms with E-state index in [-0.39, 0.29) is 17.7 Å². The molecule has 0 aliphatic carbocycles. The lowest BCUT2D eigenvalue weighted by Crippen LogP contribution is -2.23. The molecule has 0 atom stereocenters. The number of nitrogens with one attached hydrogen (secondary N) is 2. The Balaban J connectivity index is 1.71. The molecule has 12 heteroatoms. The third kappa shape index (κ3) is 3.44. The lowest BCUT2D eigenvalue weighted by Gasteiger charge is -2.08. The zero-order valence-electron chi connectivity index (χ0n) is 15.0. The summed E-state index contributed by atoms with van der Waals surface area (Å²) < 4.78 is 41.6. The fraction of sp³-hybridized carbons (Fsp3) is 0.235. The van der Waals surface area contributed by atoms with Crippen LogP contribution < -0.4 is 11.2 Å². The molecule has 2 N–H and O–H groups in total. The molecule has 0 aliphatic heterocycles. The van der Waals surface area contributed by atoms with Gasteiger partial charge in [-0.15, -0.1) is 5.10 Å². The van der Waals surface area contributed by atoms with Gasteiger partial charge in [0.05, 0.1) is 18.3 Å². The molecule has 9 nitrogen and oxygen atoms in total. The Labute approximate surface area is 159 Å². The highest BCUT2D eigenvalue weighted by molar-refractivity contribution is 5.75. The number of imidazole rings is 1. The predicted octanol–water partition coefficient (Wildman–Crippen LogP) is 1.76. The minimum absolute atomic E-state index is 0.0701. The quantitative estimate of drug-likeness (QED) is 0.537. The van der Waals surface area contributed by atoms with E-state index in [1.807, 2.05) is 0 Å². The van der Waals surface area contributed by atoms with Crippen molar-refractivity contribution in [1.82, 2.24) is 34.5 Å². The van der Waals surface area contributed by atoms with Gasteiger partial charge in [0.25, 0.3) is 5.56 Å². The van der Waals surface area contributed by atoms with Crippen molar-refractivity contribution < 1.29 is 13.2 Å². The molecular weight excluding hydrogens is 391 g/mol. The maximum atomic E-state index is 12.9. The molecule has 0 fully saturated rings. The highest BCUT2D eigenvalue weighted by Crippen LogP contribution is 2.29. The number of hydrogen-bond donors (Lipinski definition) is 2. The molecule has 29 heavy (non-hydrogen) atoms. The van der Waals surface area contributed by atoms with E-state index in [4.69, 9.17) is 0 Å². The molecule has 150 valence electrons. The standard InChI is InChI=1S/C17H14F3N7O2/c1-2-27-12-13(22-16(29)23-15(12)28)21-14(27)11-8-26(25-24-11)7-9-4-3-5-10(6-9)17(18,19)20/h3-6,8H,2,7H2,1H3,(H2,22,23,28,29). The second-order valence-corrected chi connectivity index (χ2v) is 6.28. The Bertz CT molecular complexity index is 1310. The second-order valence-electron chi connectivity index (χ2n) is 6.28. The maximum absolute atomic E-state index is 12.9. The number of aromatic amines is 2. The van der Waals surface area contributed by atoms with Crippen molar-refractivity contribution in [2.24, 2.45) is 0 Å². The maximum Gasteiger partial charge on any atom is 0.416 e. The Morgan fingerprint density at radius 3 is 2.69 bits per heavy atom. The van der Waals surface area contributed by atoms with Gasteiger partial charge in [0.15, 0.2) is 17.0 Å². The molecule has 0 spiro atoms. The molecule has 0 unspecified atom stereocenters. The van der Waals surface area contributed by atoms with Gasteiger partial charge in [0, 0.05) is 6.54 Å². The van der Waals surface area contributed by atoms with Gasteiger partial charge in [-0.2, -0.15) is 13.2 Å². The highest BCUT2D eigenvalue weighted by atomic mass is 19.4. The summed E-state index contributed by atoms with van der Waals surface area (Å²) in [5.41, 5.74) is -0.983. The molecule has 0 saturated heterocycles. The van der Waals surface area contributed by atoms with Crippen molar-refractivity contribution in [2.75, 3.05) is 0 Å². The number of hydrogen-bond acceptors (Lipinski definition) is 5. The third-order valence-corrected chi connectivity index (χ3v) is 4.32. The van der Waals surface area contributed by atoms with Crippen LogP contribution in [0.25, 0.3) is 22.7 Å². The minimum atomic E-state index is -4.43. The summed E-state index contributed by atoms with van der Waals surface area (Å²) in [5, 5.41) is 7.95. The third-order valence-electron chi connectivity index (χ3n) is 4.32. The van der Waals surface area contributed by atoms with Crippen LogP contribution >= 0.6 is 0 Å². The number of rotatable bonds is 4. The summed E-state index contributed by atoms with van der Waals surface area (Å²) in [6.45, 7) is 2.24. The summed E-state index contributed by atoms with van der Waals surface area (Å²) in [5.74, 6) is 0.310. The zero-order valence-corrected chi connectivity index (χ0v) is 15.0. The number of benzene rings is 1. The van der Waals surface area contributed by atoms with E-state index in [1.165, 1.54) is 16.9 Å². The minimum Gasteiger partial charge on any atom is -0.317 e.